The lowest BCUT2D eigenvalue weighted by Gasteiger charge is -2.08. The van der Waals surface area contributed by atoms with Gasteiger partial charge in [-0.3, -0.25) is 4.79 Å². The number of aromatic nitrogens is 1. The van der Waals surface area contributed by atoms with E-state index in [9.17, 15) is 4.79 Å². The van der Waals surface area contributed by atoms with Gasteiger partial charge in [0.2, 0.25) is 0 Å². The van der Waals surface area contributed by atoms with E-state index in [-0.39, 0.29) is 5.91 Å². The highest BCUT2D eigenvalue weighted by molar-refractivity contribution is 7.13. The fraction of sp³-hybridized carbons (Fsp3) is 0.238. The summed E-state index contributed by atoms with van der Waals surface area (Å²) >= 11 is 1.42. The van der Waals surface area contributed by atoms with E-state index in [4.69, 9.17) is 14.2 Å². The van der Waals surface area contributed by atoms with Gasteiger partial charge in [0, 0.05) is 17.5 Å². The molecule has 1 heterocycles. The molecule has 1 N–H and O–H groups in total. The van der Waals surface area contributed by atoms with Gasteiger partial charge in [-0.1, -0.05) is 12.1 Å². The molecular formula is C21H22N2O4S. The van der Waals surface area contributed by atoms with Crippen LogP contribution in [0.15, 0.2) is 47.8 Å². The number of amides is 1. The van der Waals surface area contributed by atoms with Crippen molar-refractivity contribution in [2.75, 3.05) is 27.9 Å². The summed E-state index contributed by atoms with van der Waals surface area (Å²) in [6.45, 7) is 0.536. The molecule has 0 spiro atoms. The Morgan fingerprint density at radius 1 is 1.00 bits per heavy atom. The maximum Gasteiger partial charge on any atom is 0.270 e. The minimum Gasteiger partial charge on any atom is -0.497 e. The Morgan fingerprint density at radius 3 is 2.43 bits per heavy atom. The lowest BCUT2D eigenvalue weighted by Crippen LogP contribution is -2.25. The van der Waals surface area contributed by atoms with Crippen molar-refractivity contribution in [3.8, 4) is 27.8 Å². The molecule has 3 rings (SSSR count). The van der Waals surface area contributed by atoms with Gasteiger partial charge in [-0.15, -0.1) is 11.3 Å². The van der Waals surface area contributed by atoms with Crippen LogP contribution >= 0.6 is 11.3 Å². The Kier molecular flexibility index (Phi) is 6.49. The van der Waals surface area contributed by atoms with Crippen LogP contribution in [-0.4, -0.2) is 38.8 Å². The maximum atomic E-state index is 12.4. The van der Waals surface area contributed by atoms with E-state index in [1.807, 2.05) is 42.5 Å². The third kappa shape index (κ3) is 4.61. The summed E-state index contributed by atoms with van der Waals surface area (Å²) in [6, 6.07) is 13.4. The molecule has 0 saturated heterocycles. The molecule has 0 bridgehead atoms. The number of carbonyl (C=O) groups is 1. The predicted octanol–water partition coefficient (Wildman–Crippen LogP) is 3.81. The first-order chi connectivity index (χ1) is 13.6. The number of hydrogen-bond acceptors (Lipinski definition) is 6. The Hall–Kier alpha value is -3.06. The van der Waals surface area contributed by atoms with Crippen LogP contribution in [0.3, 0.4) is 0 Å². The van der Waals surface area contributed by atoms with Crippen molar-refractivity contribution in [2.24, 2.45) is 0 Å². The van der Waals surface area contributed by atoms with Crippen molar-refractivity contribution in [3.63, 3.8) is 0 Å². The van der Waals surface area contributed by atoms with Gasteiger partial charge in [0.25, 0.3) is 5.91 Å². The van der Waals surface area contributed by atoms with Crippen LogP contribution in [0.5, 0.6) is 17.2 Å². The van der Waals surface area contributed by atoms with E-state index in [0.29, 0.717) is 23.7 Å². The molecule has 28 heavy (non-hydrogen) atoms. The second-order valence-corrected chi connectivity index (χ2v) is 6.82. The zero-order valence-electron chi connectivity index (χ0n) is 16.0. The van der Waals surface area contributed by atoms with Crippen LogP contribution in [-0.2, 0) is 6.42 Å². The highest BCUT2D eigenvalue weighted by Crippen LogP contribution is 2.33. The fourth-order valence-corrected chi connectivity index (χ4v) is 3.48. The molecule has 1 amide bonds. The summed E-state index contributed by atoms with van der Waals surface area (Å²) in [6.07, 6.45) is 0.738. The fourth-order valence-electron chi connectivity index (χ4n) is 2.68. The number of ether oxygens (including phenoxy) is 3. The zero-order chi connectivity index (χ0) is 19.9. The van der Waals surface area contributed by atoms with Gasteiger partial charge in [0.15, 0.2) is 11.5 Å². The molecule has 0 unspecified atom stereocenters. The molecule has 0 fully saturated rings. The highest BCUT2D eigenvalue weighted by Gasteiger charge is 2.13. The van der Waals surface area contributed by atoms with Crippen molar-refractivity contribution in [2.45, 2.75) is 6.42 Å². The molecule has 6 nitrogen and oxygen atoms in total. The Balaban J connectivity index is 1.60. The number of thiazole rings is 1. The number of hydrogen-bond donors (Lipinski definition) is 1. The molecule has 0 aliphatic carbocycles. The average molecular weight is 398 g/mol. The standard InChI is InChI=1S/C21H22N2O4S/c1-25-16-7-4-14(5-8-16)10-11-22-20(24)17-13-28-21(23-17)15-6-9-18(26-2)19(12-15)27-3/h4-9,12-13H,10-11H2,1-3H3,(H,22,24). The van der Waals surface area contributed by atoms with Crippen LogP contribution in [0.25, 0.3) is 10.6 Å². The maximum absolute atomic E-state index is 12.4. The number of nitrogens with zero attached hydrogens (tertiary/aromatic N) is 1. The summed E-state index contributed by atoms with van der Waals surface area (Å²) < 4.78 is 15.7. The largest absolute Gasteiger partial charge is 0.497 e. The number of carbonyl (C=O) groups excluding carboxylic acids is 1. The summed E-state index contributed by atoms with van der Waals surface area (Å²) in [7, 11) is 4.82. The van der Waals surface area contributed by atoms with E-state index >= 15 is 0 Å². The lowest BCUT2D eigenvalue weighted by atomic mass is 10.1. The predicted molar refractivity (Wildman–Crippen MR) is 110 cm³/mol. The van der Waals surface area contributed by atoms with Crippen LogP contribution in [0, 0.1) is 0 Å². The molecule has 0 aliphatic heterocycles. The van der Waals surface area contributed by atoms with Crippen LogP contribution in [0.1, 0.15) is 16.1 Å². The molecule has 146 valence electrons. The first-order valence-electron chi connectivity index (χ1n) is 8.73. The molecule has 2 aromatic carbocycles. The van der Waals surface area contributed by atoms with Gasteiger partial charge in [-0.05, 0) is 42.3 Å². The van der Waals surface area contributed by atoms with E-state index in [1.165, 1.54) is 11.3 Å². The van der Waals surface area contributed by atoms with Crippen LogP contribution < -0.4 is 19.5 Å². The summed E-state index contributed by atoms with van der Waals surface area (Å²) in [5.74, 6) is 1.91. The number of benzene rings is 2. The van der Waals surface area contributed by atoms with Crippen molar-refractivity contribution in [1.82, 2.24) is 10.3 Å². The topological polar surface area (TPSA) is 69.7 Å². The Morgan fingerprint density at radius 2 is 1.75 bits per heavy atom. The minimum absolute atomic E-state index is 0.184. The Labute approximate surface area is 168 Å². The minimum atomic E-state index is -0.184. The molecule has 7 heteroatoms. The van der Waals surface area contributed by atoms with Crippen molar-refractivity contribution in [3.05, 3.63) is 59.1 Å². The van der Waals surface area contributed by atoms with Gasteiger partial charge in [-0.25, -0.2) is 4.98 Å². The molecule has 0 radical (unpaired) electrons. The summed E-state index contributed by atoms with van der Waals surface area (Å²) in [5.41, 5.74) is 2.41. The van der Waals surface area contributed by atoms with Gasteiger partial charge in [-0.2, -0.15) is 0 Å². The third-order valence-electron chi connectivity index (χ3n) is 4.23. The monoisotopic (exact) mass is 398 g/mol. The molecule has 0 aliphatic rings. The smallest absolute Gasteiger partial charge is 0.270 e. The molecule has 0 saturated carbocycles. The van der Waals surface area contributed by atoms with Gasteiger partial charge >= 0.3 is 0 Å². The van der Waals surface area contributed by atoms with Crippen molar-refractivity contribution in [1.29, 1.82) is 0 Å². The second kappa shape index (κ2) is 9.23. The van der Waals surface area contributed by atoms with Crippen LogP contribution in [0.2, 0.25) is 0 Å². The molecule has 0 atom stereocenters. The van der Waals surface area contributed by atoms with Gasteiger partial charge in [0.1, 0.15) is 16.5 Å². The number of rotatable bonds is 8. The Bertz CT molecular complexity index is 938. The second-order valence-electron chi connectivity index (χ2n) is 5.96. The van der Waals surface area contributed by atoms with E-state index in [2.05, 4.69) is 10.3 Å². The first kappa shape index (κ1) is 19.7. The highest BCUT2D eigenvalue weighted by atomic mass is 32.1. The quantitative estimate of drug-likeness (QED) is 0.625. The molecule has 1 aromatic heterocycles. The van der Waals surface area contributed by atoms with E-state index < -0.39 is 0 Å². The zero-order valence-corrected chi connectivity index (χ0v) is 16.8. The summed E-state index contributed by atoms with van der Waals surface area (Å²) in [5, 5.41) is 5.42. The third-order valence-corrected chi connectivity index (χ3v) is 5.12. The van der Waals surface area contributed by atoms with Crippen molar-refractivity contribution < 1.29 is 19.0 Å². The number of nitrogens with one attached hydrogen (secondary N) is 1. The SMILES string of the molecule is COc1ccc(CCNC(=O)c2csc(-c3ccc(OC)c(OC)c3)n2)cc1. The van der Waals surface area contributed by atoms with E-state index in [1.54, 1.807) is 26.7 Å². The average Bonchev–Trinajstić information content (AvgIpc) is 3.24. The summed E-state index contributed by atoms with van der Waals surface area (Å²) in [4.78, 5) is 16.8. The molecular weight excluding hydrogens is 376 g/mol. The van der Waals surface area contributed by atoms with E-state index in [0.717, 1.165) is 28.3 Å². The normalized spacial score (nSPS) is 10.4. The number of methoxy groups -OCH3 is 3. The van der Waals surface area contributed by atoms with Crippen LogP contribution in [0.4, 0.5) is 0 Å². The van der Waals surface area contributed by atoms with Crippen molar-refractivity contribution >= 4 is 17.2 Å². The molecule has 3 aromatic rings. The van der Waals surface area contributed by atoms with Gasteiger partial charge in [0.05, 0.1) is 21.3 Å². The lowest BCUT2D eigenvalue weighted by molar-refractivity contribution is 0.0950. The first-order valence-corrected chi connectivity index (χ1v) is 9.61. The van der Waals surface area contributed by atoms with Gasteiger partial charge < -0.3 is 19.5 Å².